The highest BCUT2D eigenvalue weighted by Gasteiger charge is 2.46. The summed E-state index contributed by atoms with van der Waals surface area (Å²) in [6.07, 6.45) is 9.68. The normalized spacial score (nSPS) is 23.8. The lowest BCUT2D eigenvalue weighted by Gasteiger charge is -2.41. The Morgan fingerprint density at radius 1 is 1.03 bits per heavy atom. The number of anilines is 1. The van der Waals surface area contributed by atoms with Crippen LogP contribution >= 0.6 is 11.6 Å². The highest BCUT2D eigenvalue weighted by atomic mass is 35.5. The molecule has 3 fully saturated rings. The molecule has 2 unspecified atom stereocenters. The second-order valence-corrected chi connectivity index (χ2v) is 8.71. The van der Waals surface area contributed by atoms with Crippen molar-refractivity contribution in [2.45, 2.75) is 37.8 Å². The van der Waals surface area contributed by atoms with Gasteiger partial charge in [-0.1, -0.05) is 11.6 Å². The van der Waals surface area contributed by atoms with Crippen LogP contribution in [0.2, 0.25) is 5.15 Å². The fourth-order valence-corrected chi connectivity index (χ4v) is 4.95. The van der Waals surface area contributed by atoms with Gasteiger partial charge in [-0.15, -0.1) is 0 Å². The maximum absolute atomic E-state index is 12.7. The average Bonchev–Trinajstić information content (AvgIpc) is 3.44. The van der Waals surface area contributed by atoms with Crippen molar-refractivity contribution in [3.63, 3.8) is 0 Å². The van der Waals surface area contributed by atoms with Gasteiger partial charge < -0.3 is 9.80 Å². The van der Waals surface area contributed by atoms with E-state index in [0.717, 1.165) is 61.2 Å². The number of fused-ring (bicyclic) bond motifs is 3. The zero-order valence-corrected chi connectivity index (χ0v) is 16.7. The van der Waals surface area contributed by atoms with Crippen LogP contribution in [-0.2, 0) is 4.79 Å². The van der Waals surface area contributed by atoms with Crippen molar-refractivity contribution >= 4 is 28.8 Å². The summed E-state index contributed by atoms with van der Waals surface area (Å²) in [5.41, 5.74) is 2.99. The van der Waals surface area contributed by atoms with Gasteiger partial charge in [0.2, 0.25) is 5.91 Å². The minimum Gasteiger partial charge on any atom is -0.351 e. The molecule has 5 heterocycles. The monoisotopic (exact) mass is 408 g/mol. The third-order valence-corrected chi connectivity index (χ3v) is 6.63. The van der Waals surface area contributed by atoms with Gasteiger partial charge in [0.1, 0.15) is 17.0 Å². The lowest BCUT2D eigenvalue weighted by atomic mass is 10.1. The van der Waals surface area contributed by atoms with Crippen molar-refractivity contribution in [1.29, 1.82) is 0 Å². The first-order chi connectivity index (χ1) is 14.2. The molecule has 1 amide bonds. The summed E-state index contributed by atoms with van der Waals surface area (Å²) in [6, 6.07) is 6.45. The second-order valence-electron chi connectivity index (χ2n) is 8.32. The number of piperazine rings is 1. The standard InChI is InChI=1S/C21H21ClN6O/c22-19-6-3-14(8-23-19)15-7-18-20(24-12-25-27(18)9-15)26-10-16-4-5-17(11-26)28(16)21(29)13-1-2-13/h3,6-9,12-13,16-17H,1-2,4-5,10-11H2. The van der Waals surface area contributed by atoms with Gasteiger partial charge in [-0.05, 0) is 43.9 Å². The van der Waals surface area contributed by atoms with Crippen molar-refractivity contribution in [3.8, 4) is 11.1 Å². The number of amides is 1. The molecule has 0 radical (unpaired) electrons. The summed E-state index contributed by atoms with van der Waals surface area (Å²) in [6.45, 7) is 1.68. The number of hydrogen-bond acceptors (Lipinski definition) is 5. The van der Waals surface area contributed by atoms with Gasteiger partial charge in [-0.25, -0.2) is 14.5 Å². The lowest BCUT2D eigenvalue weighted by molar-refractivity contribution is -0.135. The number of aromatic nitrogens is 4. The Kier molecular flexibility index (Phi) is 3.81. The number of nitrogens with zero attached hydrogens (tertiary/aromatic N) is 6. The summed E-state index contributed by atoms with van der Waals surface area (Å²) >= 11 is 5.92. The molecule has 2 aliphatic heterocycles. The minimum absolute atomic E-state index is 0.288. The van der Waals surface area contributed by atoms with Crippen molar-refractivity contribution in [2.24, 2.45) is 5.92 Å². The molecule has 7 nitrogen and oxygen atoms in total. The molecule has 1 saturated carbocycles. The first-order valence-corrected chi connectivity index (χ1v) is 10.6. The van der Waals surface area contributed by atoms with E-state index in [1.807, 2.05) is 16.8 Å². The average molecular weight is 409 g/mol. The third kappa shape index (κ3) is 2.87. The maximum Gasteiger partial charge on any atom is 0.226 e. The minimum atomic E-state index is 0.288. The summed E-state index contributed by atoms with van der Waals surface area (Å²) < 4.78 is 1.87. The summed E-state index contributed by atoms with van der Waals surface area (Å²) in [5, 5.41) is 4.88. The van der Waals surface area contributed by atoms with Crippen LogP contribution in [-0.4, -0.2) is 55.6 Å². The van der Waals surface area contributed by atoms with Crippen molar-refractivity contribution in [2.75, 3.05) is 18.0 Å². The van der Waals surface area contributed by atoms with Gasteiger partial charge in [0.15, 0.2) is 5.82 Å². The topological polar surface area (TPSA) is 66.6 Å². The van der Waals surface area contributed by atoms with E-state index >= 15 is 0 Å². The van der Waals surface area contributed by atoms with Gasteiger partial charge in [0.05, 0.1) is 0 Å². The van der Waals surface area contributed by atoms with Gasteiger partial charge in [0.25, 0.3) is 0 Å². The van der Waals surface area contributed by atoms with E-state index in [-0.39, 0.29) is 5.92 Å². The van der Waals surface area contributed by atoms with Crippen molar-refractivity contribution < 1.29 is 4.79 Å². The van der Waals surface area contributed by atoms with E-state index in [0.29, 0.717) is 23.1 Å². The van der Waals surface area contributed by atoms with E-state index < -0.39 is 0 Å². The molecular formula is C21H21ClN6O. The molecule has 0 N–H and O–H groups in total. The van der Waals surface area contributed by atoms with E-state index in [1.165, 1.54) is 0 Å². The summed E-state index contributed by atoms with van der Waals surface area (Å²) in [5.74, 6) is 1.60. The van der Waals surface area contributed by atoms with Crippen LogP contribution in [0.1, 0.15) is 25.7 Å². The second kappa shape index (κ2) is 6.42. The number of carbonyl (C=O) groups excluding carboxylic acids is 1. The quantitative estimate of drug-likeness (QED) is 0.623. The van der Waals surface area contributed by atoms with Gasteiger partial charge in [-0.2, -0.15) is 5.10 Å². The fourth-order valence-electron chi connectivity index (χ4n) is 4.84. The third-order valence-electron chi connectivity index (χ3n) is 6.41. The molecule has 0 spiro atoms. The fraction of sp³-hybridized carbons (Fsp3) is 0.429. The number of pyridine rings is 1. The Balaban J connectivity index is 1.32. The predicted molar refractivity (Wildman–Crippen MR) is 110 cm³/mol. The Bertz CT molecular complexity index is 1080. The molecular weight excluding hydrogens is 388 g/mol. The largest absolute Gasteiger partial charge is 0.351 e. The highest BCUT2D eigenvalue weighted by Crippen LogP contribution is 2.39. The van der Waals surface area contributed by atoms with Crippen LogP contribution in [0.5, 0.6) is 0 Å². The SMILES string of the molecule is O=C(C1CC1)N1C2CCC1CN(c1ncnn3cc(-c4ccc(Cl)nc4)cc13)C2. The van der Waals surface area contributed by atoms with Gasteiger partial charge in [0, 0.05) is 54.6 Å². The van der Waals surface area contributed by atoms with Gasteiger partial charge in [-0.3, -0.25) is 4.79 Å². The van der Waals surface area contributed by atoms with E-state index in [4.69, 9.17) is 11.6 Å². The zero-order valence-electron chi connectivity index (χ0n) is 15.9. The molecule has 3 aliphatic rings. The zero-order chi connectivity index (χ0) is 19.5. The van der Waals surface area contributed by atoms with E-state index in [9.17, 15) is 4.79 Å². The van der Waals surface area contributed by atoms with Crippen molar-refractivity contribution in [3.05, 3.63) is 42.1 Å². The molecule has 2 bridgehead atoms. The molecule has 2 atom stereocenters. The molecule has 6 rings (SSSR count). The van der Waals surface area contributed by atoms with Crippen LogP contribution in [0.4, 0.5) is 5.82 Å². The van der Waals surface area contributed by atoms with Crippen LogP contribution in [0, 0.1) is 5.92 Å². The van der Waals surface area contributed by atoms with Crippen LogP contribution in [0.3, 0.4) is 0 Å². The van der Waals surface area contributed by atoms with Crippen molar-refractivity contribution in [1.82, 2.24) is 24.5 Å². The number of hydrogen-bond donors (Lipinski definition) is 0. The Hall–Kier alpha value is -2.67. The van der Waals surface area contributed by atoms with E-state index in [2.05, 4.69) is 30.9 Å². The Labute approximate surface area is 173 Å². The van der Waals surface area contributed by atoms with Crippen LogP contribution < -0.4 is 4.90 Å². The smallest absolute Gasteiger partial charge is 0.226 e. The first-order valence-electron chi connectivity index (χ1n) is 10.2. The Morgan fingerprint density at radius 2 is 1.83 bits per heavy atom. The molecule has 3 aromatic rings. The maximum atomic E-state index is 12.7. The molecule has 0 aromatic carbocycles. The predicted octanol–water partition coefficient (Wildman–Crippen LogP) is 3.03. The molecule has 2 saturated heterocycles. The molecule has 3 aromatic heterocycles. The van der Waals surface area contributed by atoms with Gasteiger partial charge >= 0.3 is 0 Å². The molecule has 1 aliphatic carbocycles. The molecule has 29 heavy (non-hydrogen) atoms. The van der Waals surface area contributed by atoms with Crippen LogP contribution in [0.15, 0.2) is 36.9 Å². The number of halogens is 1. The number of rotatable bonds is 3. The van der Waals surface area contributed by atoms with E-state index in [1.54, 1.807) is 18.6 Å². The lowest BCUT2D eigenvalue weighted by Crippen LogP contribution is -2.56. The molecule has 148 valence electrons. The Morgan fingerprint density at radius 3 is 2.52 bits per heavy atom. The molecule has 8 heteroatoms. The van der Waals surface area contributed by atoms with Crippen LogP contribution in [0.25, 0.3) is 16.6 Å². The summed E-state index contributed by atoms with van der Waals surface area (Å²) in [7, 11) is 0. The summed E-state index contributed by atoms with van der Waals surface area (Å²) in [4.78, 5) is 26.0. The first kappa shape index (κ1) is 17.2. The number of carbonyl (C=O) groups is 1. The highest BCUT2D eigenvalue weighted by molar-refractivity contribution is 6.29.